The van der Waals surface area contributed by atoms with Gasteiger partial charge in [0.25, 0.3) is 0 Å². The van der Waals surface area contributed by atoms with E-state index in [4.69, 9.17) is 17.0 Å². The van der Waals surface area contributed by atoms with Crippen molar-refractivity contribution in [3.05, 3.63) is 65.2 Å². The van der Waals surface area contributed by atoms with Crippen LogP contribution in [0.1, 0.15) is 47.8 Å². The van der Waals surface area contributed by atoms with Gasteiger partial charge in [0.05, 0.1) is 18.2 Å². The fraction of sp³-hybridized carbons (Fsp3) is 0.300. The lowest BCUT2D eigenvalue weighted by atomic mass is 10.00. The minimum Gasteiger partial charge on any atom is -0.462 e. The highest BCUT2D eigenvalue weighted by Gasteiger charge is 2.13. The number of hydrogen-bond acceptors (Lipinski definition) is 3. The molecule has 2 aromatic rings. The van der Waals surface area contributed by atoms with Crippen LogP contribution in [0.4, 0.5) is 5.69 Å². The zero-order valence-electron chi connectivity index (χ0n) is 14.8. The molecule has 132 valence electrons. The molecule has 0 saturated carbocycles. The Kier molecular flexibility index (Phi) is 6.95. The topological polar surface area (TPSA) is 50.4 Å². The van der Waals surface area contributed by atoms with Crippen LogP contribution < -0.4 is 10.6 Å². The Morgan fingerprint density at radius 2 is 1.92 bits per heavy atom. The molecule has 0 fully saturated rings. The molecule has 25 heavy (non-hydrogen) atoms. The minimum atomic E-state index is -0.337. The van der Waals surface area contributed by atoms with Gasteiger partial charge in [-0.25, -0.2) is 4.79 Å². The quantitative estimate of drug-likeness (QED) is 0.585. The maximum absolute atomic E-state index is 11.8. The fourth-order valence-corrected chi connectivity index (χ4v) is 2.90. The molecule has 0 bridgehead atoms. The van der Waals surface area contributed by atoms with Crippen LogP contribution in [0.15, 0.2) is 48.5 Å². The maximum atomic E-state index is 11.8. The molecule has 2 N–H and O–H groups in total. The summed E-state index contributed by atoms with van der Waals surface area (Å²) in [5.41, 5.74) is 3.71. The van der Waals surface area contributed by atoms with E-state index in [0.717, 1.165) is 12.1 Å². The molecule has 1 atom stereocenters. The molecule has 4 nitrogen and oxygen atoms in total. The Bertz CT molecular complexity index is 746. The van der Waals surface area contributed by atoms with Crippen molar-refractivity contribution in [2.45, 2.75) is 33.2 Å². The molecule has 0 amide bonds. The summed E-state index contributed by atoms with van der Waals surface area (Å²) in [5.74, 6) is -0.337. The first-order valence-corrected chi connectivity index (χ1v) is 8.86. The first-order valence-electron chi connectivity index (χ1n) is 8.45. The SMILES string of the molecule is CCOC(=O)c1cccc(NC(=S)N[C@H](CC)c2ccccc2C)c1. The Hall–Kier alpha value is -2.40. The van der Waals surface area contributed by atoms with Crippen molar-refractivity contribution in [1.29, 1.82) is 0 Å². The number of aryl methyl sites for hydroxylation is 1. The highest BCUT2D eigenvalue weighted by atomic mass is 32.1. The largest absolute Gasteiger partial charge is 0.462 e. The van der Waals surface area contributed by atoms with E-state index in [0.29, 0.717) is 17.3 Å². The summed E-state index contributed by atoms with van der Waals surface area (Å²) in [7, 11) is 0. The van der Waals surface area contributed by atoms with Gasteiger partial charge in [-0.2, -0.15) is 0 Å². The standard InChI is InChI=1S/C20H24N2O2S/c1-4-18(17-12-7-6-9-14(17)3)22-20(25)21-16-11-8-10-15(13-16)19(23)24-5-2/h6-13,18H,4-5H2,1-3H3,(H2,21,22,25)/t18-/m1/s1. The normalized spacial score (nSPS) is 11.5. The molecule has 0 aliphatic rings. The number of carbonyl (C=O) groups excluding carboxylic acids is 1. The summed E-state index contributed by atoms with van der Waals surface area (Å²) in [4.78, 5) is 11.8. The van der Waals surface area contributed by atoms with Gasteiger partial charge in [0.1, 0.15) is 0 Å². The van der Waals surface area contributed by atoms with E-state index in [1.54, 1.807) is 25.1 Å². The molecule has 5 heteroatoms. The number of anilines is 1. The lowest BCUT2D eigenvalue weighted by Gasteiger charge is -2.21. The molecular weight excluding hydrogens is 332 g/mol. The van der Waals surface area contributed by atoms with Gasteiger partial charge in [0.15, 0.2) is 5.11 Å². The molecule has 0 unspecified atom stereocenters. The van der Waals surface area contributed by atoms with E-state index < -0.39 is 0 Å². The number of benzene rings is 2. The molecule has 0 radical (unpaired) electrons. The van der Waals surface area contributed by atoms with Gasteiger partial charge in [-0.3, -0.25) is 0 Å². The Morgan fingerprint density at radius 3 is 2.60 bits per heavy atom. The minimum absolute atomic E-state index is 0.134. The van der Waals surface area contributed by atoms with Crippen LogP contribution in [-0.2, 0) is 4.74 Å². The van der Waals surface area contributed by atoms with Crippen molar-refractivity contribution in [1.82, 2.24) is 5.32 Å². The number of esters is 1. The second-order valence-corrected chi connectivity index (χ2v) is 6.13. The zero-order chi connectivity index (χ0) is 18.2. The predicted octanol–water partition coefficient (Wildman–Crippen LogP) is 4.61. The zero-order valence-corrected chi connectivity index (χ0v) is 15.7. The third kappa shape index (κ3) is 5.29. The number of thiocarbonyl (C=S) groups is 1. The number of ether oxygens (including phenoxy) is 1. The van der Waals surface area contributed by atoms with Crippen LogP contribution in [0, 0.1) is 6.92 Å². The summed E-state index contributed by atoms with van der Waals surface area (Å²) >= 11 is 5.44. The molecule has 0 aliphatic carbocycles. The van der Waals surface area contributed by atoms with Crippen LogP contribution in [0.25, 0.3) is 0 Å². The molecule has 0 heterocycles. The van der Waals surface area contributed by atoms with Gasteiger partial charge in [0.2, 0.25) is 0 Å². The second-order valence-electron chi connectivity index (χ2n) is 5.72. The van der Waals surface area contributed by atoms with Crippen LogP contribution in [0.2, 0.25) is 0 Å². The Labute approximate surface area is 154 Å². The van der Waals surface area contributed by atoms with Crippen molar-refractivity contribution in [3.8, 4) is 0 Å². The lowest BCUT2D eigenvalue weighted by Crippen LogP contribution is -2.32. The summed E-state index contributed by atoms with van der Waals surface area (Å²) in [6, 6.07) is 15.5. The molecule has 2 aromatic carbocycles. The molecule has 0 aliphatic heterocycles. The Morgan fingerprint density at radius 1 is 1.16 bits per heavy atom. The van der Waals surface area contributed by atoms with Crippen LogP contribution in [0.5, 0.6) is 0 Å². The van der Waals surface area contributed by atoms with Crippen LogP contribution in [-0.4, -0.2) is 17.7 Å². The van der Waals surface area contributed by atoms with Gasteiger partial charge in [-0.05, 0) is 61.8 Å². The van der Waals surface area contributed by atoms with E-state index in [2.05, 4.69) is 36.6 Å². The Balaban J connectivity index is 2.05. The van der Waals surface area contributed by atoms with Crippen molar-refractivity contribution in [3.63, 3.8) is 0 Å². The van der Waals surface area contributed by atoms with Crippen molar-refractivity contribution in [2.75, 3.05) is 11.9 Å². The van der Waals surface area contributed by atoms with Gasteiger partial charge in [-0.1, -0.05) is 37.3 Å². The molecule has 0 saturated heterocycles. The number of carbonyl (C=O) groups is 1. The van der Waals surface area contributed by atoms with Crippen LogP contribution >= 0.6 is 12.2 Å². The summed E-state index contributed by atoms with van der Waals surface area (Å²) in [5, 5.41) is 7.02. The highest BCUT2D eigenvalue weighted by Crippen LogP contribution is 2.20. The van der Waals surface area contributed by atoms with Gasteiger partial charge in [0, 0.05) is 5.69 Å². The smallest absolute Gasteiger partial charge is 0.338 e. The predicted molar refractivity (Wildman–Crippen MR) is 106 cm³/mol. The maximum Gasteiger partial charge on any atom is 0.338 e. The monoisotopic (exact) mass is 356 g/mol. The molecule has 0 spiro atoms. The summed E-state index contributed by atoms with van der Waals surface area (Å²) < 4.78 is 5.03. The summed E-state index contributed by atoms with van der Waals surface area (Å²) in [6.45, 7) is 6.35. The number of nitrogens with one attached hydrogen (secondary N) is 2. The second kappa shape index (κ2) is 9.18. The van der Waals surface area contributed by atoms with E-state index in [9.17, 15) is 4.79 Å². The van der Waals surface area contributed by atoms with Gasteiger partial charge in [-0.15, -0.1) is 0 Å². The van der Waals surface area contributed by atoms with E-state index >= 15 is 0 Å². The van der Waals surface area contributed by atoms with E-state index in [1.165, 1.54) is 11.1 Å². The third-order valence-corrected chi connectivity index (χ3v) is 4.13. The fourth-order valence-electron chi connectivity index (χ4n) is 2.64. The van der Waals surface area contributed by atoms with Crippen molar-refractivity contribution < 1.29 is 9.53 Å². The average molecular weight is 356 g/mol. The molecular formula is C20H24N2O2S. The lowest BCUT2D eigenvalue weighted by molar-refractivity contribution is 0.0526. The number of hydrogen-bond donors (Lipinski definition) is 2. The molecule has 2 rings (SSSR count). The number of rotatable bonds is 6. The molecule has 0 aromatic heterocycles. The average Bonchev–Trinajstić information content (AvgIpc) is 2.61. The first kappa shape index (κ1) is 18.9. The van der Waals surface area contributed by atoms with Crippen LogP contribution in [0.3, 0.4) is 0 Å². The highest BCUT2D eigenvalue weighted by molar-refractivity contribution is 7.80. The van der Waals surface area contributed by atoms with Crippen molar-refractivity contribution in [2.24, 2.45) is 0 Å². The summed E-state index contributed by atoms with van der Waals surface area (Å²) in [6.07, 6.45) is 0.912. The third-order valence-electron chi connectivity index (χ3n) is 3.91. The van der Waals surface area contributed by atoms with Gasteiger partial charge >= 0.3 is 5.97 Å². The van der Waals surface area contributed by atoms with E-state index in [-0.39, 0.29) is 12.0 Å². The van der Waals surface area contributed by atoms with Crippen molar-refractivity contribution >= 4 is 29.0 Å². The van der Waals surface area contributed by atoms with E-state index in [1.807, 2.05) is 18.2 Å². The van der Waals surface area contributed by atoms with Gasteiger partial charge < -0.3 is 15.4 Å². The first-order chi connectivity index (χ1) is 12.0.